The van der Waals surface area contributed by atoms with Crippen LogP contribution < -0.4 is 10.6 Å². The maximum Gasteiger partial charge on any atom is 0.270 e. The van der Waals surface area contributed by atoms with E-state index in [1.165, 1.54) is 30.5 Å². The number of halogens is 3. The number of hydrogen-bond acceptors (Lipinski definition) is 6. The van der Waals surface area contributed by atoms with Crippen LogP contribution in [0.15, 0.2) is 23.7 Å². The standard InChI is InChI=1S/C24H23F3N6OS/c1-11-20(27)23(33-22(29-11)17-9-28-21-16(17)6-13(25)7-18(21)26)31-14-4-3-5-15(8-14)32-24(34)19-10-35-12(2)30-19/h6-7,9-10,14-15,28H,3-5,8H2,1-2H3,(H,32,34)(H,29,31,33). The molecule has 4 aromatic rings. The molecule has 0 radical (unpaired) electrons. The van der Waals surface area contributed by atoms with Crippen molar-refractivity contribution in [2.75, 3.05) is 5.32 Å². The van der Waals surface area contributed by atoms with Gasteiger partial charge in [-0.15, -0.1) is 11.3 Å². The van der Waals surface area contributed by atoms with Gasteiger partial charge in [-0.3, -0.25) is 4.79 Å². The van der Waals surface area contributed by atoms with Crippen LogP contribution in [0.5, 0.6) is 0 Å². The molecule has 0 spiro atoms. The molecule has 3 heterocycles. The summed E-state index contributed by atoms with van der Waals surface area (Å²) < 4.78 is 42.9. The normalized spacial score (nSPS) is 18.1. The van der Waals surface area contributed by atoms with E-state index in [1.54, 1.807) is 5.38 Å². The largest absolute Gasteiger partial charge is 0.365 e. The average Bonchev–Trinajstić information content (AvgIpc) is 3.43. The number of aryl methyl sites for hydroxylation is 2. The molecule has 35 heavy (non-hydrogen) atoms. The van der Waals surface area contributed by atoms with Gasteiger partial charge in [0.1, 0.15) is 17.3 Å². The predicted molar refractivity (Wildman–Crippen MR) is 128 cm³/mol. The van der Waals surface area contributed by atoms with Gasteiger partial charge >= 0.3 is 0 Å². The Morgan fingerprint density at radius 1 is 1.11 bits per heavy atom. The first kappa shape index (κ1) is 23.3. The third-order valence-corrected chi connectivity index (χ3v) is 6.94. The van der Waals surface area contributed by atoms with Crippen LogP contribution in [0.3, 0.4) is 0 Å². The van der Waals surface area contributed by atoms with E-state index in [-0.39, 0.29) is 46.2 Å². The van der Waals surface area contributed by atoms with Crippen molar-refractivity contribution < 1.29 is 18.0 Å². The van der Waals surface area contributed by atoms with Gasteiger partial charge < -0.3 is 15.6 Å². The second kappa shape index (κ2) is 9.29. The monoisotopic (exact) mass is 500 g/mol. The number of thiazole rings is 1. The number of rotatable bonds is 5. The zero-order chi connectivity index (χ0) is 24.7. The quantitative estimate of drug-likeness (QED) is 0.347. The van der Waals surface area contributed by atoms with Crippen molar-refractivity contribution >= 4 is 34.0 Å². The van der Waals surface area contributed by atoms with Gasteiger partial charge in [-0.2, -0.15) is 0 Å². The number of amides is 1. The number of nitrogens with one attached hydrogen (secondary N) is 3. The number of anilines is 1. The van der Waals surface area contributed by atoms with Gasteiger partial charge in [-0.25, -0.2) is 28.1 Å². The van der Waals surface area contributed by atoms with Crippen molar-refractivity contribution in [1.29, 1.82) is 0 Å². The molecule has 1 saturated carbocycles. The number of nitrogens with zero attached hydrogens (tertiary/aromatic N) is 3. The first-order valence-electron chi connectivity index (χ1n) is 11.3. The third-order valence-electron chi connectivity index (χ3n) is 6.17. The molecular weight excluding hydrogens is 477 g/mol. The van der Waals surface area contributed by atoms with Crippen LogP contribution >= 0.6 is 11.3 Å². The molecule has 11 heteroatoms. The molecule has 3 aromatic heterocycles. The van der Waals surface area contributed by atoms with Gasteiger partial charge in [-0.1, -0.05) is 0 Å². The first-order valence-corrected chi connectivity index (χ1v) is 12.2. The van der Waals surface area contributed by atoms with Gasteiger partial charge in [0.2, 0.25) is 0 Å². The number of aromatic amines is 1. The second-order valence-corrected chi connectivity index (χ2v) is 9.80. The van der Waals surface area contributed by atoms with Crippen LogP contribution in [0.1, 0.15) is 46.9 Å². The van der Waals surface area contributed by atoms with Gasteiger partial charge in [0, 0.05) is 40.7 Å². The SMILES string of the molecule is Cc1nc(C(=O)NC2CCCC(Nc3nc(-c4c[nH]c5c(F)cc(F)cc45)nc(C)c3F)C2)cs1. The zero-order valence-corrected chi connectivity index (χ0v) is 19.9. The Balaban J connectivity index is 1.36. The molecule has 2 atom stereocenters. The lowest BCUT2D eigenvalue weighted by molar-refractivity contribution is 0.0922. The Morgan fingerprint density at radius 2 is 1.91 bits per heavy atom. The Kier molecular flexibility index (Phi) is 6.18. The number of H-pyrrole nitrogens is 1. The van der Waals surface area contributed by atoms with Crippen molar-refractivity contribution in [3.05, 3.63) is 57.6 Å². The van der Waals surface area contributed by atoms with E-state index in [4.69, 9.17) is 0 Å². The maximum atomic E-state index is 15.0. The highest BCUT2D eigenvalue weighted by atomic mass is 32.1. The van der Waals surface area contributed by atoms with E-state index in [0.717, 1.165) is 30.3 Å². The molecule has 0 saturated heterocycles. The summed E-state index contributed by atoms with van der Waals surface area (Å²) in [5.74, 6) is -2.09. The summed E-state index contributed by atoms with van der Waals surface area (Å²) >= 11 is 1.42. The third kappa shape index (κ3) is 4.72. The highest BCUT2D eigenvalue weighted by molar-refractivity contribution is 7.09. The minimum atomic E-state index is -0.730. The van der Waals surface area contributed by atoms with E-state index in [0.29, 0.717) is 17.7 Å². The molecule has 0 bridgehead atoms. The predicted octanol–water partition coefficient (Wildman–Crippen LogP) is 5.27. The number of carbonyl (C=O) groups is 1. The fourth-order valence-corrected chi connectivity index (χ4v) is 5.08. The molecule has 1 aliphatic carbocycles. The van der Waals surface area contributed by atoms with Gasteiger partial charge in [0.25, 0.3) is 5.91 Å². The summed E-state index contributed by atoms with van der Waals surface area (Å²) in [7, 11) is 0. The summed E-state index contributed by atoms with van der Waals surface area (Å²) in [6, 6.07) is 1.78. The first-order chi connectivity index (χ1) is 16.8. The molecule has 2 unspecified atom stereocenters. The van der Waals surface area contributed by atoms with Crippen LogP contribution in [0.25, 0.3) is 22.3 Å². The smallest absolute Gasteiger partial charge is 0.270 e. The molecule has 1 aromatic carbocycles. The molecule has 1 fully saturated rings. The lowest BCUT2D eigenvalue weighted by atomic mass is 9.91. The Hall–Kier alpha value is -3.47. The lowest BCUT2D eigenvalue weighted by Crippen LogP contribution is -2.42. The topological polar surface area (TPSA) is 95.6 Å². The van der Waals surface area contributed by atoms with E-state index in [9.17, 15) is 18.0 Å². The maximum absolute atomic E-state index is 15.0. The van der Waals surface area contributed by atoms with Crippen LogP contribution in [0, 0.1) is 31.3 Å². The minimum absolute atomic E-state index is 0.0193. The molecule has 1 amide bonds. The van der Waals surface area contributed by atoms with E-state index in [1.807, 2.05) is 6.92 Å². The summed E-state index contributed by atoms with van der Waals surface area (Å²) in [4.78, 5) is 28.1. The number of hydrogen-bond donors (Lipinski definition) is 3. The van der Waals surface area contributed by atoms with E-state index >= 15 is 0 Å². The van der Waals surface area contributed by atoms with Gasteiger partial charge in [0.05, 0.1) is 16.2 Å². The van der Waals surface area contributed by atoms with Crippen molar-refractivity contribution in [2.24, 2.45) is 0 Å². The van der Waals surface area contributed by atoms with Gasteiger partial charge in [0.15, 0.2) is 17.5 Å². The molecule has 1 aliphatic rings. The molecular formula is C24H23F3N6OS. The van der Waals surface area contributed by atoms with Crippen molar-refractivity contribution in [2.45, 2.75) is 51.6 Å². The molecule has 3 N–H and O–H groups in total. The highest BCUT2D eigenvalue weighted by Gasteiger charge is 2.26. The second-order valence-electron chi connectivity index (χ2n) is 8.74. The molecule has 0 aliphatic heterocycles. The Bertz CT molecular complexity index is 1420. The fourth-order valence-electron chi connectivity index (χ4n) is 4.49. The van der Waals surface area contributed by atoms with Crippen LogP contribution in [-0.2, 0) is 0 Å². The summed E-state index contributed by atoms with van der Waals surface area (Å²) in [6.07, 6.45) is 4.52. The zero-order valence-electron chi connectivity index (χ0n) is 19.1. The number of carbonyl (C=O) groups excluding carboxylic acids is 1. The summed E-state index contributed by atoms with van der Waals surface area (Å²) in [6.45, 7) is 3.36. The number of fused-ring (bicyclic) bond motifs is 1. The highest BCUT2D eigenvalue weighted by Crippen LogP contribution is 2.31. The molecule has 7 nitrogen and oxygen atoms in total. The number of benzene rings is 1. The van der Waals surface area contributed by atoms with Crippen LogP contribution in [0.2, 0.25) is 0 Å². The van der Waals surface area contributed by atoms with Crippen LogP contribution in [0.4, 0.5) is 19.0 Å². The summed E-state index contributed by atoms with van der Waals surface area (Å²) in [5.41, 5.74) is 1.01. The Morgan fingerprint density at radius 3 is 2.69 bits per heavy atom. The number of aromatic nitrogens is 4. The van der Waals surface area contributed by atoms with E-state index < -0.39 is 17.5 Å². The van der Waals surface area contributed by atoms with Crippen LogP contribution in [-0.4, -0.2) is 37.9 Å². The Labute approximate surface area is 203 Å². The van der Waals surface area contributed by atoms with Crippen molar-refractivity contribution in [3.63, 3.8) is 0 Å². The summed E-state index contributed by atoms with van der Waals surface area (Å²) in [5, 5.41) is 9.01. The average molecular weight is 501 g/mol. The van der Waals surface area contributed by atoms with E-state index in [2.05, 4.69) is 30.6 Å². The lowest BCUT2D eigenvalue weighted by Gasteiger charge is -2.30. The molecule has 182 valence electrons. The minimum Gasteiger partial charge on any atom is -0.365 e. The van der Waals surface area contributed by atoms with Crippen molar-refractivity contribution in [3.8, 4) is 11.4 Å². The fraction of sp³-hybridized carbons (Fsp3) is 0.333. The van der Waals surface area contributed by atoms with Crippen molar-refractivity contribution in [1.82, 2.24) is 25.3 Å². The van der Waals surface area contributed by atoms with Gasteiger partial charge in [-0.05, 0) is 45.6 Å². The molecule has 5 rings (SSSR count).